The molecule has 0 atom stereocenters. The Morgan fingerprint density at radius 2 is 1.24 bits per heavy atom. The van der Waals surface area contributed by atoms with Crippen molar-refractivity contribution in [1.29, 1.82) is 0 Å². The number of hydrogen-bond acceptors (Lipinski definition) is 0. The van der Waals surface area contributed by atoms with Crippen LogP contribution in [-0.2, 0) is 0 Å². The van der Waals surface area contributed by atoms with Crippen LogP contribution in [0.25, 0.3) is 60.1 Å². The lowest BCUT2D eigenvalue weighted by molar-refractivity contribution is 0.643. The van der Waals surface area contributed by atoms with Crippen molar-refractivity contribution >= 4 is 54.4 Å². The third-order valence-electron chi connectivity index (χ3n) is 7.01. The zero-order valence-corrected chi connectivity index (χ0v) is 18.8. The van der Waals surface area contributed by atoms with Crippen molar-refractivity contribution in [3.63, 3.8) is 0 Å². The number of para-hydroxylation sites is 2. The quantitative estimate of drug-likeness (QED) is 0.263. The Morgan fingerprint density at radius 1 is 0.545 bits per heavy atom. The fourth-order valence-corrected chi connectivity index (χ4v) is 5.67. The van der Waals surface area contributed by atoms with E-state index in [1.165, 1.54) is 60.1 Å². The highest BCUT2D eigenvalue weighted by Gasteiger charge is 2.20. The summed E-state index contributed by atoms with van der Waals surface area (Å²) in [5.74, 6) is 0. The van der Waals surface area contributed by atoms with Crippen LogP contribution in [-0.4, -0.2) is 9.13 Å². The molecule has 0 N–H and O–H groups in total. The van der Waals surface area contributed by atoms with Gasteiger partial charge >= 0.3 is 0 Å². The molecule has 2 nitrogen and oxygen atoms in total. The first-order valence-electron chi connectivity index (χ1n) is 11.7. The first kappa shape index (κ1) is 18.5. The molecule has 2 heteroatoms. The van der Waals surface area contributed by atoms with Crippen LogP contribution in [0.3, 0.4) is 0 Å². The summed E-state index contributed by atoms with van der Waals surface area (Å²) in [7, 11) is 0. The van der Waals surface area contributed by atoms with Crippen LogP contribution in [0.1, 0.15) is 19.9 Å². The Morgan fingerprint density at radius 3 is 2.06 bits per heavy atom. The predicted molar refractivity (Wildman–Crippen MR) is 142 cm³/mol. The van der Waals surface area contributed by atoms with Gasteiger partial charge in [0.2, 0.25) is 0 Å². The molecule has 0 radical (unpaired) electrons. The van der Waals surface area contributed by atoms with Crippen molar-refractivity contribution in [2.45, 2.75) is 19.9 Å². The van der Waals surface area contributed by atoms with Crippen molar-refractivity contribution in [3.8, 4) is 5.69 Å². The van der Waals surface area contributed by atoms with Gasteiger partial charge in [-0.15, -0.1) is 0 Å². The summed E-state index contributed by atoms with van der Waals surface area (Å²) in [6, 6.07) is 38.0. The maximum absolute atomic E-state index is 2.52. The van der Waals surface area contributed by atoms with Gasteiger partial charge in [-0.25, -0.2) is 0 Å². The minimum atomic E-state index is 0.362. The lowest BCUT2D eigenvalue weighted by Crippen LogP contribution is -2.00. The number of aromatic nitrogens is 2. The number of rotatable bonds is 2. The molecule has 7 aromatic rings. The average Bonchev–Trinajstić information content (AvgIpc) is 3.36. The molecule has 5 aromatic carbocycles. The maximum Gasteiger partial charge on any atom is 0.0595 e. The van der Waals surface area contributed by atoms with Crippen molar-refractivity contribution in [1.82, 2.24) is 9.13 Å². The van der Waals surface area contributed by atoms with E-state index in [0.29, 0.717) is 6.04 Å². The van der Waals surface area contributed by atoms with Gasteiger partial charge < -0.3 is 9.13 Å². The van der Waals surface area contributed by atoms with E-state index < -0.39 is 0 Å². The predicted octanol–water partition coefficient (Wildman–Crippen LogP) is 8.63. The third-order valence-corrected chi connectivity index (χ3v) is 7.01. The Kier molecular flexibility index (Phi) is 3.78. The summed E-state index contributed by atoms with van der Waals surface area (Å²) < 4.78 is 4.95. The molecular formula is C31H24N2. The summed E-state index contributed by atoms with van der Waals surface area (Å²) in [6.45, 7) is 4.57. The second-order valence-electron chi connectivity index (χ2n) is 9.22. The average molecular weight is 425 g/mol. The Labute approximate surface area is 192 Å². The first-order chi connectivity index (χ1) is 16.2. The van der Waals surface area contributed by atoms with Crippen LogP contribution < -0.4 is 0 Å². The Bertz CT molecular complexity index is 1850. The zero-order chi connectivity index (χ0) is 22.1. The maximum atomic E-state index is 2.52. The van der Waals surface area contributed by atoms with Gasteiger partial charge in [-0.05, 0) is 55.0 Å². The van der Waals surface area contributed by atoms with E-state index in [2.05, 4.69) is 126 Å². The molecular weight excluding hydrogens is 400 g/mol. The van der Waals surface area contributed by atoms with Crippen LogP contribution in [0.15, 0.2) is 103 Å². The minimum Gasteiger partial charge on any atom is -0.337 e. The van der Waals surface area contributed by atoms with Gasteiger partial charge in [-0.3, -0.25) is 0 Å². The van der Waals surface area contributed by atoms with Crippen LogP contribution in [0.2, 0.25) is 0 Å². The number of nitrogens with zero attached hydrogens (tertiary/aromatic N) is 2. The largest absolute Gasteiger partial charge is 0.337 e. The molecule has 0 unspecified atom stereocenters. The van der Waals surface area contributed by atoms with Gasteiger partial charge in [-0.2, -0.15) is 0 Å². The second kappa shape index (κ2) is 6.73. The van der Waals surface area contributed by atoms with E-state index in [0.717, 1.165) is 0 Å². The highest BCUT2D eigenvalue weighted by molar-refractivity contribution is 6.25. The third kappa shape index (κ3) is 2.49. The lowest BCUT2D eigenvalue weighted by Gasteiger charge is -2.13. The highest BCUT2D eigenvalue weighted by Crippen LogP contribution is 2.41. The highest BCUT2D eigenvalue weighted by atomic mass is 15.0. The molecule has 0 aliphatic carbocycles. The molecule has 0 aliphatic heterocycles. The molecule has 7 rings (SSSR count). The van der Waals surface area contributed by atoms with Crippen molar-refractivity contribution in [2.75, 3.05) is 0 Å². The summed E-state index contributed by atoms with van der Waals surface area (Å²) in [6.07, 6.45) is 0. The zero-order valence-electron chi connectivity index (χ0n) is 18.8. The molecule has 0 bridgehead atoms. The summed E-state index contributed by atoms with van der Waals surface area (Å²) in [5.41, 5.74) is 6.34. The van der Waals surface area contributed by atoms with Crippen molar-refractivity contribution in [2.24, 2.45) is 0 Å². The van der Waals surface area contributed by atoms with Crippen LogP contribution in [0.5, 0.6) is 0 Å². The lowest BCUT2D eigenvalue weighted by atomic mass is 10.1. The fraction of sp³-hybridized carbons (Fsp3) is 0.0968. The van der Waals surface area contributed by atoms with Gasteiger partial charge in [0.15, 0.2) is 0 Å². The number of fused-ring (bicyclic) bond motifs is 8. The summed E-state index contributed by atoms with van der Waals surface area (Å²) >= 11 is 0. The normalized spacial score (nSPS) is 12.2. The van der Waals surface area contributed by atoms with Crippen LogP contribution in [0, 0.1) is 0 Å². The van der Waals surface area contributed by atoms with Gasteiger partial charge in [-0.1, -0.05) is 72.8 Å². The standard InChI is InChI=1S/C31H24N2/c1-20(2)32-27-13-7-5-11-24(27)25-17-18-29-30(31(25)32)26-12-6-8-14-28(26)33(29)23-16-15-21-9-3-4-10-22(21)19-23/h3-20H,1-2H3. The molecule has 33 heavy (non-hydrogen) atoms. The first-order valence-corrected chi connectivity index (χ1v) is 11.7. The SMILES string of the molecule is CC(C)n1c2ccccc2c2ccc3c(c4ccccc4n3-c3ccc4ccccc4c3)c21. The molecule has 0 fully saturated rings. The van der Waals surface area contributed by atoms with Gasteiger partial charge in [0, 0.05) is 38.8 Å². The molecule has 0 aliphatic rings. The monoisotopic (exact) mass is 424 g/mol. The summed E-state index contributed by atoms with van der Waals surface area (Å²) in [4.78, 5) is 0. The van der Waals surface area contributed by atoms with E-state index in [9.17, 15) is 0 Å². The van der Waals surface area contributed by atoms with E-state index in [1.807, 2.05) is 0 Å². The van der Waals surface area contributed by atoms with E-state index >= 15 is 0 Å². The molecule has 0 amide bonds. The summed E-state index contributed by atoms with van der Waals surface area (Å²) in [5, 5.41) is 7.82. The number of benzene rings is 5. The van der Waals surface area contributed by atoms with E-state index in [4.69, 9.17) is 0 Å². The van der Waals surface area contributed by atoms with Gasteiger partial charge in [0.05, 0.1) is 16.6 Å². The molecule has 2 aromatic heterocycles. The molecule has 158 valence electrons. The molecule has 0 saturated carbocycles. The van der Waals surface area contributed by atoms with Crippen molar-refractivity contribution < 1.29 is 0 Å². The fourth-order valence-electron chi connectivity index (χ4n) is 5.67. The second-order valence-corrected chi connectivity index (χ2v) is 9.22. The Hall–Kier alpha value is -4.04. The number of hydrogen-bond donors (Lipinski definition) is 0. The molecule has 0 spiro atoms. The van der Waals surface area contributed by atoms with Crippen molar-refractivity contribution in [3.05, 3.63) is 103 Å². The smallest absolute Gasteiger partial charge is 0.0595 e. The van der Waals surface area contributed by atoms with Gasteiger partial charge in [0.25, 0.3) is 0 Å². The Balaban J connectivity index is 1.70. The van der Waals surface area contributed by atoms with E-state index in [1.54, 1.807) is 0 Å². The minimum absolute atomic E-state index is 0.362. The molecule has 0 saturated heterocycles. The van der Waals surface area contributed by atoms with Crippen LogP contribution in [0.4, 0.5) is 0 Å². The van der Waals surface area contributed by atoms with E-state index in [-0.39, 0.29) is 0 Å². The molecule has 2 heterocycles. The van der Waals surface area contributed by atoms with Crippen LogP contribution >= 0.6 is 0 Å². The van der Waals surface area contributed by atoms with Gasteiger partial charge in [0.1, 0.15) is 0 Å². The topological polar surface area (TPSA) is 9.86 Å².